The molecule has 1 amide bonds. The first-order valence-electron chi connectivity index (χ1n) is 9.30. The van der Waals surface area contributed by atoms with Crippen molar-refractivity contribution in [1.82, 2.24) is 15.2 Å². The van der Waals surface area contributed by atoms with Gasteiger partial charge in [0.15, 0.2) is 0 Å². The number of oxazole rings is 1. The Kier molecular flexibility index (Phi) is 8.73. The molecule has 1 aliphatic heterocycles. The van der Waals surface area contributed by atoms with E-state index >= 15 is 0 Å². The maximum absolute atomic E-state index is 13.2. The maximum Gasteiger partial charge on any atom is 0.236 e. The van der Waals surface area contributed by atoms with Gasteiger partial charge in [0.05, 0.1) is 30.1 Å². The Labute approximate surface area is 192 Å². The standard InChI is InChI=1S/C21H23N3O3S.2ClH/c1-14-16(23-21(27-14)19-8-5-11-28-19)12-20(25)24-10-9-22-13-17(24)15-6-3-4-7-18(15)26-2;;/h3-8,11,17,22H,9-10,12-13H2,1-2H3;2*1H. The summed E-state index contributed by atoms with van der Waals surface area (Å²) in [4.78, 5) is 20.6. The molecular weight excluding hydrogens is 445 g/mol. The van der Waals surface area contributed by atoms with E-state index in [1.54, 1.807) is 18.4 Å². The van der Waals surface area contributed by atoms with E-state index in [1.807, 2.05) is 53.6 Å². The molecule has 4 rings (SSSR count). The molecule has 0 aliphatic carbocycles. The van der Waals surface area contributed by atoms with Crippen LogP contribution in [0.1, 0.15) is 23.1 Å². The summed E-state index contributed by atoms with van der Waals surface area (Å²) in [5, 5.41) is 5.37. The largest absolute Gasteiger partial charge is 0.496 e. The molecule has 0 spiro atoms. The van der Waals surface area contributed by atoms with Crippen LogP contribution < -0.4 is 10.1 Å². The van der Waals surface area contributed by atoms with Crippen LogP contribution in [0.25, 0.3) is 10.8 Å². The van der Waals surface area contributed by atoms with Crippen molar-refractivity contribution in [1.29, 1.82) is 0 Å². The molecule has 3 heterocycles. The molecular formula is C21H25Cl2N3O3S. The van der Waals surface area contributed by atoms with Gasteiger partial charge in [-0.1, -0.05) is 24.3 Å². The van der Waals surface area contributed by atoms with Crippen LogP contribution in [-0.2, 0) is 11.2 Å². The van der Waals surface area contributed by atoms with Crippen molar-refractivity contribution in [3.8, 4) is 16.5 Å². The molecule has 1 aromatic carbocycles. The highest BCUT2D eigenvalue weighted by atomic mass is 35.5. The number of hydrogen-bond donors (Lipinski definition) is 1. The van der Waals surface area contributed by atoms with Gasteiger partial charge in [0, 0.05) is 25.2 Å². The molecule has 1 saturated heterocycles. The molecule has 1 atom stereocenters. The van der Waals surface area contributed by atoms with E-state index < -0.39 is 0 Å². The van der Waals surface area contributed by atoms with Crippen molar-refractivity contribution in [2.75, 3.05) is 26.7 Å². The molecule has 0 saturated carbocycles. The summed E-state index contributed by atoms with van der Waals surface area (Å²) in [6.07, 6.45) is 0.229. The third-order valence-electron chi connectivity index (χ3n) is 5.00. The van der Waals surface area contributed by atoms with Crippen LogP contribution in [-0.4, -0.2) is 42.5 Å². The summed E-state index contributed by atoms with van der Waals surface area (Å²) >= 11 is 1.57. The van der Waals surface area contributed by atoms with Gasteiger partial charge in [-0.2, -0.15) is 0 Å². The number of piperazine rings is 1. The zero-order valence-electron chi connectivity index (χ0n) is 16.8. The predicted octanol–water partition coefficient (Wildman–Crippen LogP) is 4.28. The Hall–Kier alpha value is -2.06. The lowest BCUT2D eigenvalue weighted by molar-refractivity contribution is -0.133. The molecule has 2 aromatic heterocycles. The monoisotopic (exact) mass is 469 g/mol. The summed E-state index contributed by atoms with van der Waals surface area (Å²) in [5.74, 6) is 2.12. The SMILES string of the molecule is COc1ccccc1C1CNCCN1C(=O)Cc1nc(-c2cccs2)oc1C.Cl.Cl. The molecule has 0 radical (unpaired) electrons. The molecule has 30 heavy (non-hydrogen) atoms. The van der Waals surface area contributed by atoms with Gasteiger partial charge in [-0.25, -0.2) is 4.98 Å². The number of rotatable bonds is 5. The van der Waals surface area contributed by atoms with E-state index in [0.717, 1.165) is 22.7 Å². The van der Waals surface area contributed by atoms with Crippen LogP contribution in [0.5, 0.6) is 5.75 Å². The van der Waals surface area contributed by atoms with E-state index in [1.165, 1.54) is 0 Å². The number of nitrogens with zero attached hydrogens (tertiary/aromatic N) is 2. The van der Waals surface area contributed by atoms with Crippen molar-refractivity contribution < 1.29 is 13.9 Å². The van der Waals surface area contributed by atoms with Crippen LogP contribution in [0.2, 0.25) is 0 Å². The normalized spacial score (nSPS) is 15.8. The smallest absolute Gasteiger partial charge is 0.236 e. The molecule has 162 valence electrons. The van der Waals surface area contributed by atoms with Gasteiger partial charge in [0.2, 0.25) is 11.8 Å². The minimum absolute atomic E-state index is 0. The number of hydrogen-bond acceptors (Lipinski definition) is 6. The molecule has 1 N–H and O–H groups in total. The predicted molar refractivity (Wildman–Crippen MR) is 123 cm³/mol. The highest BCUT2D eigenvalue weighted by Crippen LogP contribution is 2.31. The van der Waals surface area contributed by atoms with Gasteiger partial charge in [-0.05, 0) is 24.4 Å². The molecule has 9 heteroatoms. The second kappa shape index (κ2) is 10.8. The van der Waals surface area contributed by atoms with Crippen LogP contribution in [0.15, 0.2) is 46.2 Å². The topological polar surface area (TPSA) is 67.6 Å². The molecule has 3 aromatic rings. The number of nitrogens with one attached hydrogen (secondary N) is 1. The summed E-state index contributed by atoms with van der Waals surface area (Å²) in [7, 11) is 1.66. The van der Waals surface area contributed by atoms with Crippen molar-refractivity contribution in [3.63, 3.8) is 0 Å². The number of methoxy groups -OCH3 is 1. The first kappa shape index (κ1) is 24.2. The van der Waals surface area contributed by atoms with Crippen molar-refractivity contribution in [2.45, 2.75) is 19.4 Å². The molecule has 6 nitrogen and oxygen atoms in total. The number of benzene rings is 1. The van der Waals surface area contributed by atoms with E-state index in [2.05, 4.69) is 10.3 Å². The molecule has 1 fully saturated rings. The molecule has 1 unspecified atom stereocenters. The Balaban J connectivity index is 0.00000160. The number of thiophene rings is 1. The average Bonchev–Trinajstić information content (AvgIpc) is 3.38. The van der Waals surface area contributed by atoms with Crippen LogP contribution in [0.4, 0.5) is 0 Å². The lowest BCUT2D eigenvalue weighted by Crippen LogP contribution is -2.49. The Morgan fingerprint density at radius 2 is 2.10 bits per heavy atom. The number of aryl methyl sites for hydroxylation is 1. The first-order chi connectivity index (χ1) is 13.7. The van der Waals surface area contributed by atoms with Crippen molar-refractivity contribution >= 4 is 42.1 Å². The highest BCUT2D eigenvalue weighted by Gasteiger charge is 2.30. The van der Waals surface area contributed by atoms with Crippen LogP contribution in [0.3, 0.4) is 0 Å². The van der Waals surface area contributed by atoms with Crippen LogP contribution in [0, 0.1) is 6.92 Å². The molecule has 0 bridgehead atoms. The lowest BCUT2D eigenvalue weighted by atomic mass is 10.0. The van der Waals surface area contributed by atoms with Crippen molar-refractivity contribution in [3.05, 3.63) is 58.8 Å². The van der Waals surface area contributed by atoms with Crippen molar-refractivity contribution in [2.24, 2.45) is 0 Å². The van der Waals surface area contributed by atoms with Gasteiger partial charge >= 0.3 is 0 Å². The number of ether oxygens (including phenoxy) is 1. The fraction of sp³-hybridized carbons (Fsp3) is 0.333. The van der Waals surface area contributed by atoms with E-state index in [-0.39, 0.29) is 43.2 Å². The van der Waals surface area contributed by atoms with Gasteiger partial charge < -0.3 is 19.4 Å². The lowest BCUT2D eigenvalue weighted by Gasteiger charge is -2.37. The summed E-state index contributed by atoms with van der Waals surface area (Å²) in [5.41, 5.74) is 1.72. The third kappa shape index (κ3) is 4.98. The van der Waals surface area contributed by atoms with E-state index in [4.69, 9.17) is 9.15 Å². The van der Waals surface area contributed by atoms with Gasteiger partial charge in [0.1, 0.15) is 11.5 Å². The number of halogens is 2. The Morgan fingerprint density at radius 3 is 2.83 bits per heavy atom. The highest BCUT2D eigenvalue weighted by molar-refractivity contribution is 7.13. The summed E-state index contributed by atoms with van der Waals surface area (Å²) < 4.78 is 11.3. The first-order valence-corrected chi connectivity index (χ1v) is 10.2. The van der Waals surface area contributed by atoms with Gasteiger partial charge in [0.25, 0.3) is 0 Å². The Morgan fingerprint density at radius 1 is 1.30 bits per heavy atom. The fourth-order valence-electron chi connectivity index (χ4n) is 3.56. The Bertz CT molecular complexity index is 962. The molecule has 1 aliphatic rings. The summed E-state index contributed by atoms with van der Waals surface area (Å²) in [6.45, 7) is 3.98. The minimum Gasteiger partial charge on any atom is -0.496 e. The zero-order valence-corrected chi connectivity index (χ0v) is 19.2. The second-order valence-electron chi connectivity index (χ2n) is 6.72. The number of aromatic nitrogens is 1. The van der Waals surface area contributed by atoms with Crippen LogP contribution >= 0.6 is 36.2 Å². The fourth-order valence-corrected chi connectivity index (χ4v) is 4.21. The quantitative estimate of drug-likeness (QED) is 0.603. The van der Waals surface area contributed by atoms with E-state index in [9.17, 15) is 4.79 Å². The number of para-hydroxylation sites is 1. The number of amides is 1. The second-order valence-corrected chi connectivity index (χ2v) is 7.67. The minimum atomic E-state index is -0.0682. The average molecular weight is 470 g/mol. The number of carbonyl (C=O) groups is 1. The maximum atomic E-state index is 13.2. The summed E-state index contributed by atoms with van der Waals surface area (Å²) in [6, 6.07) is 11.7. The van der Waals surface area contributed by atoms with Gasteiger partial charge in [-0.15, -0.1) is 36.2 Å². The van der Waals surface area contributed by atoms with Gasteiger partial charge in [-0.3, -0.25) is 4.79 Å². The van der Waals surface area contributed by atoms with E-state index in [0.29, 0.717) is 30.4 Å². The zero-order chi connectivity index (χ0) is 19.5. The third-order valence-corrected chi connectivity index (χ3v) is 5.86. The number of carbonyl (C=O) groups excluding carboxylic acids is 1.